The van der Waals surface area contributed by atoms with Crippen LogP contribution >= 0.6 is 15.9 Å². The Bertz CT molecular complexity index is 357. The minimum Gasteiger partial charge on any atom is -0.352 e. The van der Waals surface area contributed by atoms with E-state index in [4.69, 9.17) is 0 Å². The Hall–Kier alpha value is -0.970. The molecule has 1 N–H and O–H groups in total. The quantitative estimate of drug-likeness (QED) is 0.842. The molecule has 1 rings (SSSR count). The van der Waals surface area contributed by atoms with Crippen molar-refractivity contribution in [3.05, 3.63) is 35.4 Å². The third-order valence-electron chi connectivity index (χ3n) is 1.81. The number of hydrogen-bond donors (Lipinski definition) is 1. The molecule has 1 aromatic rings. The molecular formula is C10H10BrF2NO. The molecule has 0 bridgehead atoms. The number of carbonyl (C=O) groups is 1. The van der Waals surface area contributed by atoms with Gasteiger partial charge in [0.05, 0.1) is 0 Å². The Morgan fingerprint density at radius 1 is 1.40 bits per heavy atom. The summed E-state index contributed by atoms with van der Waals surface area (Å²) in [6, 6.07) is 3.16. The molecule has 0 heterocycles. The van der Waals surface area contributed by atoms with Crippen LogP contribution in [-0.4, -0.2) is 11.2 Å². The summed E-state index contributed by atoms with van der Waals surface area (Å²) in [6.07, 6.45) is 0.316. The first-order chi connectivity index (χ1) is 7.13. The lowest BCUT2D eigenvalue weighted by molar-refractivity contribution is -0.120. The molecule has 0 aliphatic heterocycles. The van der Waals surface area contributed by atoms with Crippen molar-refractivity contribution in [1.82, 2.24) is 5.32 Å². The van der Waals surface area contributed by atoms with Gasteiger partial charge in [0.15, 0.2) is 0 Å². The highest BCUT2D eigenvalue weighted by atomic mass is 79.9. The summed E-state index contributed by atoms with van der Waals surface area (Å²) in [5.74, 6) is -1.23. The van der Waals surface area contributed by atoms with Crippen molar-refractivity contribution < 1.29 is 13.6 Å². The minimum atomic E-state index is -0.518. The SMILES string of the molecule is O=C(CCBr)NCc1cc(F)ccc1F. The highest BCUT2D eigenvalue weighted by molar-refractivity contribution is 9.09. The van der Waals surface area contributed by atoms with Crippen LogP contribution in [0, 0.1) is 11.6 Å². The van der Waals surface area contributed by atoms with Gasteiger partial charge in [0.2, 0.25) is 5.91 Å². The van der Waals surface area contributed by atoms with Crippen LogP contribution in [0.1, 0.15) is 12.0 Å². The van der Waals surface area contributed by atoms with Gasteiger partial charge in [-0.25, -0.2) is 8.78 Å². The van der Waals surface area contributed by atoms with Crippen molar-refractivity contribution in [3.8, 4) is 0 Å². The van der Waals surface area contributed by atoms with Crippen molar-refractivity contribution in [3.63, 3.8) is 0 Å². The van der Waals surface area contributed by atoms with Gasteiger partial charge in [-0.15, -0.1) is 0 Å². The van der Waals surface area contributed by atoms with Crippen LogP contribution in [0.2, 0.25) is 0 Å². The first-order valence-electron chi connectivity index (χ1n) is 4.40. The molecule has 0 aliphatic rings. The van der Waals surface area contributed by atoms with E-state index in [9.17, 15) is 13.6 Å². The lowest BCUT2D eigenvalue weighted by Gasteiger charge is -2.05. The second-order valence-electron chi connectivity index (χ2n) is 2.95. The van der Waals surface area contributed by atoms with E-state index in [2.05, 4.69) is 21.2 Å². The fraction of sp³-hybridized carbons (Fsp3) is 0.300. The second kappa shape index (κ2) is 5.80. The van der Waals surface area contributed by atoms with E-state index < -0.39 is 11.6 Å². The Kier molecular flexibility index (Phi) is 4.68. The van der Waals surface area contributed by atoms with Gasteiger partial charge < -0.3 is 5.32 Å². The minimum absolute atomic E-state index is 0.00935. The Labute approximate surface area is 94.8 Å². The van der Waals surface area contributed by atoms with Crippen LogP contribution in [0.3, 0.4) is 0 Å². The molecule has 0 aliphatic carbocycles. The average Bonchev–Trinajstić information content (AvgIpc) is 2.20. The van der Waals surface area contributed by atoms with E-state index in [-0.39, 0.29) is 18.0 Å². The normalized spacial score (nSPS) is 10.1. The maximum atomic E-state index is 13.1. The Morgan fingerprint density at radius 2 is 2.13 bits per heavy atom. The number of benzene rings is 1. The monoisotopic (exact) mass is 277 g/mol. The number of nitrogens with one attached hydrogen (secondary N) is 1. The van der Waals surface area contributed by atoms with Gasteiger partial charge in [0.25, 0.3) is 0 Å². The highest BCUT2D eigenvalue weighted by Crippen LogP contribution is 2.09. The maximum Gasteiger partial charge on any atom is 0.221 e. The van der Waals surface area contributed by atoms with Crippen molar-refractivity contribution in [2.24, 2.45) is 0 Å². The van der Waals surface area contributed by atoms with Crippen LogP contribution in [0.25, 0.3) is 0 Å². The van der Waals surface area contributed by atoms with Crippen LogP contribution in [0.15, 0.2) is 18.2 Å². The lowest BCUT2D eigenvalue weighted by Crippen LogP contribution is -2.23. The molecule has 0 saturated heterocycles. The molecule has 5 heteroatoms. The standard InChI is InChI=1S/C10H10BrF2NO/c11-4-3-10(15)14-6-7-5-8(12)1-2-9(7)13/h1-2,5H,3-4,6H2,(H,14,15). The number of amides is 1. The van der Waals surface area contributed by atoms with E-state index in [0.29, 0.717) is 11.8 Å². The summed E-state index contributed by atoms with van der Waals surface area (Å²) in [4.78, 5) is 11.1. The molecule has 15 heavy (non-hydrogen) atoms. The predicted molar refractivity (Wildman–Crippen MR) is 56.6 cm³/mol. The number of carbonyl (C=O) groups excluding carboxylic acids is 1. The predicted octanol–water partition coefficient (Wildman–Crippen LogP) is 2.37. The van der Waals surface area contributed by atoms with E-state index in [1.807, 2.05) is 0 Å². The van der Waals surface area contributed by atoms with Gasteiger partial charge in [-0.2, -0.15) is 0 Å². The van der Waals surface area contributed by atoms with Crippen LogP contribution in [-0.2, 0) is 11.3 Å². The summed E-state index contributed by atoms with van der Waals surface area (Å²) in [5, 5.41) is 3.04. The van der Waals surface area contributed by atoms with Crippen LogP contribution in [0.4, 0.5) is 8.78 Å². The van der Waals surface area contributed by atoms with E-state index in [1.54, 1.807) is 0 Å². The summed E-state index contributed by atoms with van der Waals surface area (Å²) in [5.41, 5.74) is 0.151. The fourth-order valence-corrected chi connectivity index (χ4v) is 1.41. The third kappa shape index (κ3) is 3.95. The molecule has 0 saturated carbocycles. The van der Waals surface area contributed by atoms with Gasteiger partial charge in [0.1, 0.15) is 11.6 Å². The van der Waals surface area contributed by atoms with Crippen molar-refractivity contribution in [2.75, 3.05) is 5.33 Å². The second-order valence-corrected chi connectivity index (χ2v) is 3.74. The van der Waals surface area contributed by atoms with Gasteiger partial charge in [-0.05, 0) is 18.2 Å². The summed E-state index contributed by atoms with van der Waals surface area (Å²) < 4.78 is 25.8. The van der Waals surface area contributed by atoms with E-state index in [1.165, 1.54) is 0 Å². The number of rotatable bonds is 4. The smallest absolute Gasteiger partial charge is 0.221 e. The third-order valence-corrected chi connectivity index (χ3v) is 2.20. The highest BCUT2D eigenvalue weighted by Gasteiger charge is 2.05. The molecule has 1 aromatic carbocycles. The molecule has 82 valence electrons. The zero-order chi connectivity index (χ0) is 11.3. The molecule has 0 unspecified atom stereocenters. The van der Waals surface area contributed by atoms with Crippen LogP contribution in [0.5, 0.6) is 0 Å². The topological polar surface area (TPSA) is 29.1 Å². The van der Waals surface area contributed by atoms with Crippen molar-refractivity contribution in [2.45, 2.75) is 13.0 Å². The molecule has 2 nitrogen and oxygen atoms in total. The van der Waals surface area contributed by atoms with Gasteiger partial charge in [-0.3, -0.25) is 4.79 Å². The molecule has 0 fully saturated rings. The van der Waals surface area contributed by atoms with Gasteiger partial charge in [0, 0.05) is 23.9 Å². The number of alkyl halides is 1. The first-order valence-corrected chi connectivity index (χ1v) is 5.52. The zero-order valence-electron chi connectivity index (χ0n) is 7.90. The largest absolute Gasteiger partial charge is 0.352 e. The van der Waals surface area contributed by atoms with Crippen LogP contribution < -0.4 is 5.32 Å². The van der Waals surface area contributed by atoms with E-state index >= 15 is 0 Å². The molecular weight excluding hydrogens is 268 g/mol. The first kappa shape index (κ1) is 12.1. The average molecular weight is 278 g/mol. The zero-order valence-corrected chi connectivity index (χ0v) is 9.48. The summed E-state index contributed by atoms with van der Waals surface area (Å²) >= 11 is 3.11. The molecule has 0 atom stereocenters. The molecule has 0 aromatic heterocycles. The Balaban J connectivity index is 2.57. The molecule has 0 spiro atoms. The van der Waals surface area contributed by atoms with Crippen molar-refractivity contribution in [1.29, 1.82) is 0 Å². The molecule has 0 radical (unpaired) electrons. The summed E-state index contributed by atoms with van der Waals surface area (Å²) in [6.45, 7) is 0.00935. The maximum absolute atomic E-state index is 13.1. The van der Waals surface area contributed by atoms with Crippen molar-refractivity contribution >= 4 is 21.8 Å². The Morgan fingerprint density at radius 3 is 2.80 bits per heavy atom. The number of hydrogen-bond acceptors (Lipinski definition) is 1. The summed E-state index contributed by atoms with van der Waals surface area (Å²) in [7, 11) is 0. The van der Waals surface area contributed by atoms with Gasteiger partial charge >= 0.3 is 0 Å². The molecule has 1 amide bonds. The number of halogens is 3. The fourth-order valence-electron chi connectivity index (χ4n) is 1.05. The lowest BCUT2D eigenvalue weighted by atomic mass is 10.2. The van der Waals surface area contributed by atoms with Gasteiger partial charge in [-0.1, -0.05) is 15.9 Å². The van der Waals surface area contributed by atoms with E-state index in [0.717, 1.165) is 18.2 Å².